The maximum Gasteiger partial charge on any atom is 0.407 e. The molecule has 0 fully saturated rings. The number of amides is 1. The van der Waals surface area contributed by atoms with Crippen molar-refractivity contribution >= 4 is 35.3 Å². The van der Waals surface area contributed by atoms with Gasteiger partial charge in [0, 0.05) is 24.1 Å². The Labute approximate surface area is 220 Å². The van der Waals surface area contributed by atoms with Crippen molar-refractivity contribution in [3.8, 4) is 0 Å². The molecule has 1 N–H and O–H groups in total. The number of nitrogens with zero attached hydrogens (tertiary/aromatic N) is 4. The molecule has 3 aromatic rings. The van der Waals surface area contributed by atoms with E-state index in [1.165, 1.54) is 28.5 Å². The van der Waals surface area contributed by atoms with E-state index in [1.54, 1.807) is 18.5 Å². The summed E-state index contributed by atoms with van der Waals surface area (Å²) >= 11 is 1.50. The van der Waals surface area contributed by atoms with Crippen LogP contribution in [0.25, 0.3) is 0 Å². The van der Waals surface area contributed by atoms with Crippen molar-refractivity contribution in [2.75, 3.05) is 11.6 Å². The first-order valence-electron chi connectivity index (χ1n) is 12.0. The average molecular weight is 525 g/mol. The molecule has 37 heavy (non-hydrogen) atoms. The molecule has 1 unspecified atom stereocenters. The van der Waals surface area contributed by atoms with Gasteiger partial charge in [0.1, 0.15) is 22.7 Å². The fraction of sp³-hybridized carbons (Fsp3) is 0.333. The normalized spacial score (nSPS) is 17.4. The average Bonchev–Trinajstić information content (AvgIpc) is 3.42. The molecule has 0 saturated carbocycles. The third-order valence-electron chi connectivity index (χ3n) is 5.76. The summed E-state index contributed by atoms with van der Waals surface area (Å²) in [7, 11) is 1.84. The number of alkyl carbamates (subject to hydrolysis) is 1. The lowest BCUT2D eigenvalue weighted by Gasteiger charge is -2.32. The molecular formula is C27H31FN5O3S+. The van der Waals surface area contributed by atoms with E-state index in [0.29, 0.717) is 35.9 Å². The Bertz CT molecular complexity index is 1300. The van der Waals surface area contributed by atoms with Crippen LogP contribution >= 0.6 is 11.8 Å². The number of nitrogens with one attached hydrogen (secondary N) is 1. The summed E-state index contributed by atoms with van der Waals surface area (Å²) in [6, 6.07) is 16.2. The zero-order valence-electron chi connectivity index (χ0n) is 21.3. The molecule has 4 rings (SSSR count). The minimum absolute atomic E-state index is 0.354. The van der Waals surface area contributed by atoms with E-state index in [2.05, 4.69) is 5.32 Å². The van der Waals surface area contributed by atoms with Crippen molar-refractivity contribution in [3.63, 3.8) is 0 Å². The van der Waals surface area contributed by atoms with Crippen LogP contribution in [0.15, 0.2) is 72.1 Å². The third kappa shape index (κ3) is 5.85. The van der Waals surface area contributed by atoms with Crippen LogP contribution in [-0.2, 0) is 21.5 Å². The standard InChI is InChI=1S/C27H30FN5O3S/c1-26(2,3)36-24(35)29-15-9-14-27(21-11-6-5-7-12-21)33(25-31(4)16-17-32(25)19-34)30-23(37-27)20-10-8-13-22(28)18-20/h5-8,10-13,16-19H,9,14-15H2,1-4H3/p+1. The van der Waals surface area contributed by atoms with Crippen LogP contribution in [0.5, 0.6) is 0 Å². The van der Waals surface area contributed by atoms with Gasteiger partial charge in [-0.1, -0.05) is 54.2 Å². The highest BCUT2D eigenvalue weighted by Crippen LogP contribution is 2.51. The van der Waals surface area contributed by atoms with Crippen LogP contribution in [0.1, 0.15) is 44.7 Å². The molecule has 0 spiro atoms. The Balaban J connectivity index is 1.73. The largest absolute Gasteiger partial charge is 0.444 e. The van der Waals surface area contributed by atoms with Gasteiger partial charge in [0.2, 0.25) is 0 Å². The SMILES string of the molecule is C[n+]1ccn(C=O)c1N1N=C(c2cccc(F)c2)SC1(CCCNC(=O)OC(C)(C)C)c1ccccc1. The second-order valence-electron chi connectivity index (χ2n) is 9.73. The predicted octanol–water partition coefficient (Wildman–Crippen LogP) is 4.56. The summed E-state index contributed by atoms with van der Waals surface area (Å²) < 4.78 is 22.8. The van der Waals surface area contributed by atoms with E-state index in [-0.39, 0.29) is 5.82 Å². The number of aryl methyl sites for hydroxylation is 1. The van der Waals surface area contributed by atoms with E-state index in [9.17, 15) is 14.0 Å². The molecule has 0 saturated heterocycles. The van der Waals surface area contributed by atoms with Crippen molar-refractivity contribution in [1.29, 1.82) is 0 Å². The second kappa shape index (κ2) is 10.8. The summed E-state index contributed by atoms with van der Waals surface area (Å²) in [5.74, 6) is 0.200. The number of hydrogen-bond donors (Lipinski definition) is 1. The lowest BCUT2D eigenvalue weighted by atomic mass is 10.0. The third-order valence-corrected chi connectivity index (χ3v) is 7.22. The van der Waals surface area contributed by atoms with Gasteiger partial charge in [0.15, 0.2) is 4.87 Å². The minimum Gasteiger partial charge on any atom is -0.444 e. The molecule has 0 bridgehead atoms. The molecular weight excluding hydrogens is 493 g/mol. The van der Waals surface area contributed by atoms with E-state index >= 15 is 0 Å². The number of benzene rings is 2. The first kappa shape index (κ1) is 26.4. The molecule has 1 aromatic heterocycles. The highest BCUT2D eigenvalue weighted by atomic mass is 32.2. The summed E-state index contributed by atoms with van der Waals surface area (Å²) in [6.07, 6.45) is 4.86. The van der Waals surface area contributed by atoms with Gasteiger partial charge in [0.25, 0.3) is 6.41 Å². The number of thioether (sulfide) groups is 1. The molecule has 0 radical (unpaired) electrons. The van der Waals surface area contributed by atoms with Crippen LogP contribution in [0.4, 0.5) is 15.1 Å². The molecule has 1 amide bonds. The fourth-order valence-corrected chi connectivity index (χ4v) is 5.58. The zero-order valence-corrected chi connectivity index (χ0v) is 22.2. The molecule has 1 atom stereocenters. The number of ether oxygens (including phenoxy) is 1. The maximum atomic E-state index is 14.1. The first-order chi connectivity index (χ1) is 17.6. The van der Waals surface area contributed by atoms with E-state index < -0.39 is 16.6 Å². The van der Waals surface area contributed by atoms with Gasteiger partial charge in [0.05, 0.1) is 13.2 Å². The molecule has 8 nitrogen and oxygen atoms in total. The van der Waals surface area contributed by atoms with Crippen LogP contribution in [-0.4, -0.2) is 34.3 Å². The highest BCUT2D eigenvalue weighted by Gasteiger charge is 2.53. The van der Waals surface area contributed by atoms with Crippen molar-refractivity contribution in [3.05, 3.63) is 83.9 Å². The number of hydrogen-bond acceptors (Lipinski definition) is 6. The van der Waals surface area contributed by atoms with Crippen molar-refractivity contribution in [2.24, 2.45) is 12.1 Å². The summed E-state index contributed by atoms with van der Waals surface area (Å²) in [5.41, 5.74) is 1.02. The fourth-order valence-electron chi connectivity index (χ4n) is 4.18. The molecule has 1 aliphatic heterocycles. The molecule has 2 aromatic carbocycles. The second-order valence-corrected chi connectivity index (χ2v) is 11.0. The lowest BCUT2D eigenvalue weighted by Crippen LogP contribution is -2.45. The van der Waals surface area contributed by atoms with Crippen LogP contribution in [0, 0.1) is 5.82 Å². The van der Waals surface area contributed by atoms with Crippen molar-refractivity contribution < 1.29 is 23.3 Å². The molecule has 194 valence electrons. The number of hydrazone groups is 1. The molecule has 2 heterocycles. The Morgan fingerprint density at radius 2 is 1.97 bits per heavy atom. The van der Waals surface area contributed by atoms with Gasteiger partial charge in [-0.2, -0.15) is 4.57 Å². The zero-order chi connectivity index (χ0) is 26.6. The van der Waals surface area contributed by atoms with Crippen LogP contribution in [0.2, 0.25) is 0 Å². The topological polar surface area (TPSA) is 79.8 Å². The van der Waals surface area contributed by atoms with Crippen molar-refractivity contribution in [1.82, 2.24) is 9.88 Å². The van der Waals surface area contributed by atoms with Crippen LogP contribution in [0.3, 0.4) is 0 Å². The van der Waals surface area contributed by atoms with Gasteiger partial charge >= 0.3 is 12.0 Å². The Morgan fingerprint density at radius 3 is 2.65 bits per heavy atom. The van der Waals surface area contributed by atoms with Gasteiger partial charge in [-0.05, 0) is 39.3 Å². The summed E-state index contributed by atoms with van der Waals surface area (Å²) in [4.78, 5) is 23.4. The van der Waals surface area contributed by atoms with E-state index in [0.717, 1.165) is 12.0 Å². The van der Waals surface area contributed by atoms with E-state index in [4.69, 9.17) is 9.84 Å². The lowest BCUT2D eigenvalue weighted by molar-refractivity contribution is -0.658. The number of carbonyl (C=O) groups excluding carboxylic acids is 2. The predicted molar refractivity (Wildman–Crippen MR) is 142 cm³/mol. The Hall–Kier alpha value is -3.66. The molecule has 0 aliphatic carbocycles. The number of halogens is 1. The van der Waals surface area contributed by atoms with Gasteiger partial charge in [-0.25, -0.2) is 13.8 Å². The first-order valence-corrected chi connectivity index (χ1v) is 12.8. The quantitative estimate of drug-likeness (QED) is 0.265. The van der Waals surface area contributed by atoms with Crippen LogP contribution < -0.4 is 14.9 Å². The van der Waals surface area contributed by atoms with E-state index in [1.807, 2.05) is 73.8 Å². The molecule has 1 aliphatic rings. The maximum absolute atomic E-state index is 14.1. The van der Waals surface area contributed by atoms with Gasteiger partial charge in [-0.3, -0.25) is 4.79 Å². The summed E-state index contributed by atoms with van der Waals surface area (Å²) in [5, 5.41) is 10.2. The smallest absolute Gasteiger partial charge is 0.407 e. The van der Waals surface area contributed by atoms with Crippen molar-refractivity contribution in [2.45, 2.75) is 44.1 Å². The number of rotatable bonds is 8. The number of carbonyl (C=O) groups is 2. The highest BCUT2D eigenvalue weighted by molar-refractivity contribution is 8.15. The van der Waals surface area contributed by atoms with Gasteiger partial charge < -0.3 is 10.1 Å². The Morgan fingerprint density at radius 1 is 1.22 bits per heavy atom. The monoisotopic (exact) mass is 524 g/mol. The summed E-state index contributed by atoms with van der Waals surface area (Å²) in [6.45, 7) is 5.83. The number of aromatic nitrogens is 2. The molecule has 10 heteroatoms. The Kier molecular flexibility index (Phi) is 7.68. The minimum atomic E-state index is -0.768. The number of imidazole rings is 1. The van der Waals surface area contributed by atoms with Gasteiger partial charge in [-0.15, -0.1) is 10.1 Å². The number of anilines is 1.